The van der Waals surface area contributed by atoms with Gasteiger partial charge in [-0.3, -0.25) is 14.2 Å². The van der Waals surface area contributed by atoms with Gasteiger partial charge in [-0.25, -0.2) is 8.42 Å². The third kappa shape index (κ3) is 3.77. The van der Waals surface area contributed by atoms with E-state index in [0.29, 0.717) is 25.2 Å². The summed E-state index contributed by atoms with van der Waals surface area (Å²) in [7, 11) is -3.75. The van der Waals surface area contributed by atoms with Crippen LogP contribution in [0.5, 0.6) is 0 Å². The Kier molecular flexibility index (Phi) is 4.87. The summed E-state index contributed by atoms with van der Waals surface area (Å²) in [6, 6.07) is 15.5. The highest BCUT2D eigenvalue weighted by Gasteiger charge is 2.22. The van der Waals surface area contributed by atoms with Crippen LogP contribution >= 0.6 is 0 Å². The molecule has 1 aliphatic heterocycles. The normalized spacial score (nSPS) is 14.4. The van der Waals surface area contributed by atoms with Crippen LogP contribution in [-0.4, -0.2) is 30.7 Å². The molecule has 8 heteroatoms. The molecule has 1 saturated heterocycles. The van der Waals surface area contributed by atoms with Crippen molar-refractivity contribution < 1.29 is 13.2 Å². The van der Waals surface area contributed by atoms with E-state index in [1.165, 1.54) is 12.1 Å². The standard InChI is InChI=1S/C20H20N4O3S/c25-20-7-3-14-24(20)17-8-10-18(11-9-17)28(26,27)22-19-6-2-1-5-16(19)15-23-13-4-12-21-23/h1-2,4-6,8-13,22H,3,7,14-15H2. The SMILES string of the molecule is O=C1CCCN1c1ccc(S(=O)(=O)Nc2ccccc2Cn2cccn2)cc1. The van der Waals surface area contributed by atoms with Gasteiger partial charge in [-0.05, 0) is 48.4 Å². The molecule has 7 nitrogen and oxygen atoms in total. The number of carbonyl (C=O) groups excluding carboxylic acids is 1. The summed E-state index contributed by atoms with van der Waals surface area (Å²) in [6.07, 6.45) is 4.87. The van der Waals surface area contributed by atoms with Crippen LogP contribution in [0.3, 0.4) is 0 Å². The number of benzene rings is 2. The first-order valence-electron chi connectivity index (χ1n) is 9.01. The van der Waals surface area contributed by atoms with Crippen LogP contribution in [0.1, 0.15) is 18.4 Å². The van der Waals surface area contributed by atoms with Gasteiger partial charge >= 0.3 is 0 Å². The quantitative estimate of drug-likeness (QED) is 0.694. The molecular weight excluding hydrogens is 376 g/mol. The molecule has 1 N–H and O–H groups in total. The zero-order chi connectivity index (χ0) is 19.6. The van der Waals surface area contributed by atoms with E-state index in [1.807, 2.05) is 24.4 Å². The molecule has 0 unspecified atom stereocenters. The molecule has 0 radical (unpaired) electrons. The van der Waals surface area contributed by atoms with Gasteiger partial charge in [-0.1, -0.05) is 18.2 Å². The predicted molar refractivity (Wildman–Crippen MR) is 107 cm³/mol. The van der Waals surface area contributed by atoms with Crippen LogP contribution < -0.4 is 9.62 Å². The smallest absolute Gasteiger partial charge is 0.261 e. The second kappa shape index (κ2) is 7.47. The summed E-state index contributed by atoms with van der Waals surface area (Å²) in [5, 5.41) is 4.17. The molecule has 1 aromatic heterocycles. The first-order chi connectivity index (χ1) is 13.5. The minimum Gasteiger partial charge on any atom is -0.312 e. The van der Waals surface area contributed by atoms with E-state index in [0.717, 1.165) is 17.7 Å². The number of para-hydroxylation sites is 1. The molecule has 0 spiro atoms. The average molecular weight is 396 g/mol. The minimum atomic E-state index is -3.75. The van der Waals surface area contributed by atoms with Crippen molar-refractivity contribution in [2.45, 2.75) is 24.3 Å². The summed E-state index contributed by atoms with van der Waals surface area (Å²) in [6.45, 7) is 1.13. The molecule has 3 aromatic rings. The van der Waals surface area contributed by atoms with Gasteiger partial charge in [0.05, 0.1) is 17.1 Å². The fraction of sp³-hybridized carbons (Fsp3) is 0.200. The number of nitrogens with one attached hydrogen (secondary N) is 1. The van der Waals surface area contributed by atoms with Gasteiger partial charge < -0.3 is 4.90 Å². The fourth-order valence-electron chi connectivity index (χ4n) is 3.26. The number of amides is 1. The van der Waals surface area contributed by atoms with Crippen LogP contribution in [0.4, 0.5) is 11.4 Å². The fourth-order valence-corrected chi connectivity index (χ4v) is 4.36. The largest absolute Gasteiger partial charge is 0.312 e. The highest BCUT2D eigenvalue weighted by molar-refractivity contribution is 7.92. The summed E-state index contributed by atoms with van der Waals surface area (Å²) >= 11 is 0. The molecule has 0 bridgehead atoms. The van der Waals surface area contributed by atoms with Crippen molar-refractivity contribution >= 4 is 27.3 Å². The third-order valence-corrected chi connectivity index (χ3v) is 6.07. The minimum absolute atomic E-state index is 0.0706. The number of aromatic nitrogens is 2. The van der Waals surface area contributed by atoms with E-state index in [4.69, 9.17) is 0 Å². The van der Waals surface area contributed by atoms with Gasteiger partial charge in [0.15, 0.2) is 0 Å². The maximum atomic E-state index is 12.8. The van der Waals surface area contributed by atoms with Gasteiger partial charge in [-0.2, -0.15) is 5.10 Å². The molecule has 144 valence electrons. The molecule has 1 fully saturated rings. The van der Waals surface area contributed by atoms with Crippen molar-refractivity contribution in [1.29, 1.82) is 0 Å². The highest BCUT2D eigenvalue weighted by atomic mass is 32.2. The molecule has 0 atom stereocenters. The summed E-state index contributed by atoms with van der Waals surface area (Å²) < 4.78 is 30.1. The predicted octanol–water partition coefficient (Wildman–Crippen LogP) is 2.86. The van der Waals surface area contributed by atoms with Crippen molar-refractivity contribution in [3.63, 3.8) is 0 Å². The van der Waals surface area contributed by atoms with Gasteiger partial charge in [0, 0.05) is 31.0 Å². The van der Waals surface area contributed by atoms with Gasteiger partial charge in [0.1, 0.15) is 0 Å². The zero-order valence-corrected chi connectivity index (χ0v) is 16.0. The van der Waals surface area contributed by atoms with E-state index in [-0.39, 0.29) is 10.8 Å². The van der Waals surface area contributed by atoms with E-state index < -0.39 is 10.0 Å². The molecule has 4 rings (SSSR count). The zero-order valence-electron chi connectivity index (χ0n) is 15.2. The van der Waals surface area contributed by atoms with Crippen LogP contribution in [0, 0.1) is 0 Å². The van der Waals surface area contributed by atoms with Crippen molar-refractivity contribution in [3.8, 4) is 0 Å². The Morgan fingerprint density at radius 2 is 1.82 bits per heavy atom. The molecule has 2 aromatic carbocycles. The van der Waals surface area contributed by atoms with E-state index >= 15 is 0 Å². The van der Waals surface area contributed by atoms with Crippen LogP contribution in [-0.2, 0) is 21.4 Å². The number of anilines is 2. The molecule has 0 saturated carbocycles. The second-order valence-corrected chi connectivity index (χ2v) is 8.29. The molecule has 1 amide bonds. The lowest BCUT2D eigenvalue weighted by Gasteiger charge is -2.16. The van der Waals surface area contributed by atoms with E-state index in [9.17, 15) is 13.2 Å². The van der Waals surface area contributed by atoms with Crippen molar-refractivity contribution in [2.24, 2.45) is 0 Å². The third-order valence-electron chi connectivity index (χ3n) is 4.69. The molecule has 0 aliphatic carbocycles. The summed E-state index contributed by atoms with van der Waals surface area (Å²) in [4.78, 5) is 13.7. The van der Waals surface area contributed by atoms with Crippen LogP contribution in [0.15, 0.2) is 71.9 Å². The van der Waals surface area contributed by atoms with Gasteiger partial charge in [0.2, 0.25) is 5.91 Å². The Morgan fingerprint density at radius 1 is 1.04 bits per heavy atom. The second-order valence-electron chi connectivity index (χ2n) is 6.61. The molecular formula is C20H20N4O3S. The number of carbonyl (C=O) groups is 1. The Bertz CT molecular complexity index is 1080. The maximum Gasteiger partial charge on any atom is 0.261 e. The van der Waals surface area contributed by atoms with Crippen LogP contribution in [0.2, 0.25) is 0 Å². The van der Waals surface area contributed by atoms with Crippen molar-refractivity contribution in [2.75, 3.05) is 16.2 Å². The number of hydrogen-bond donors (Lipinski definition) is 1. The lowest BCUT2D eigenvalue weighted by Crippen LogP contribution is -2.23. The van der Waals surface area contributed by atoms with Gasteiger partial charge in [0.25, 0.3) is 10.0 Å². The molecule has 2 heterocycles. The van der Waals surface area contributed by atoms with Crippen molar-refractivity contribution in [3.05, 3.63) is 72.6 Å². The maximum absolute atomic E-state index is 12.8. The molecule has 1 aliphatic rings. The Hall–Kier alpha value is -3.13. The lowest BCUT2D eigenvalue weighted by molar-refractivity contribution is -0.117. The number of nitrogens with zero attached hydrogens (tertiary/aromatic N) is 3. The average Bonchev–Trinajstić information content (AvgIpc) is 3.35. The highest BCUT2D eigenvalue weighted by Crippen LogP contribution is 2.25. The van der Waals surface area contributed by atoms with E-state index in [2.05, 4.69) is 9.82 Å². The molecule has 28 heavy (non-hydrogen) atoms. The number of hydrogen-bond acceptors (Lipinski definition) is 4. The summed E-state index contributed by atoms with van der Waals surface area (Å²) in [5.74, 6) is 0.0706. The lowest BCUT2D eigenvalue weighted by atomic mass is 10.2. The Morgan fingerprint density at radius 3 is 2.50 bits per heavy atom. The monoisotopic (exact) mass is 396 g/mol. The first-order valence-corrected chi connectivity index (χ1v) is 10.5. The van der Waals surface area contributed by atoms with E-state index in [1.54, 1.807) is 40.0 Å². The topological polar surface area (TPSA) is 84.3 Å². The Balaban J connectivity index is 1.55. The summed E-state index contributed by atoms with van der Waals surface area (Å²) in [5.41, 5.74) is 2.05. The van der Waals surface area contributed by atoms with Crippen molar-refractivity contribution in [1.82, 2.24) is 9.78 Å². The Labute approximate surface area is 163 Å². The number of sulfonamides is 1. The first kappa shape index (κ1) is 18.2. The number of rotatable bonds is 6. The van der Waals surface area contributed by atoms with Gasteiger partial charge in [-0.15, -0.1) is 0 Å². The van der Waals surface area contributed by atoms with Crippen LogP contribution in [0.25, 0.3) is 0 Å².